The molecule has 1 saturated heterocycles. The number of nitrogens with zero attached hydrogens (tertiary/aromatic N) is 2. The largest absolute Gasteiger partial charge is 0.390 e. The van der Waals surface area contributed by atoms with Gasteiger partial charge in [0.2, 0.25) is 10.0 Å². The van der Waals surface area contributed by atoms with Gasteiger partial charge >= 0.3 is 0 Å². The molecule has 1 rings (SSSR count). The topological polar surface area (TPSA) is 81.4 Å². The molecule has 0 saturated carbocycles. The van der Waals surface area contributed by atoms with E-state index in [1.165, 1.54) is 4.31 Å². The summed E-state index contributed by atoms with van der Waals surface area (Å²) < 4.78 is 24.4. The number of rotatable bonds is 2. The molecule has 0 bridgehead atoms. The summed E-state index contributed by atoms with van der Waals surface area (Å²) in [6, 6.07) is 1.65. The Morgan fingerprint density at radius 3 is 2.73 bits per heavy atom. The monoisotopic (exact) mass is 232 g/mol. The number of nitriles is 1. The Balaban J connectivity index is 2.71. The van der Waals surface area contributed by atoms with Crippen LogP contribution in [0.4, 0.5) is 0 Å². The van der Waals surface area contributed by atoms with Gasteiger partial charge in [0.05, 0.1) is 11.7 Å². The molecule has 0 aliphatic carbocycles. The smallest absolute Gasteiger partial charge is 0.227 e. The Morgan fingerprint density at radius 2 is 2.13 bits per heavy atom. The third-order valence-electron chi connectivity index (χ3n) is 2.66. The van der Waals surface area contributed by atoms with Gasteiger partial charge in [0.25, 0.3) is 0 Å². The van der Waals surface area contributed by atoms with Crippen molar-refractivity contribution in [1.82, 2.24) is 4.31 Å². The van der Waals surface area contributed by atoms with Crippen molar-refractivity contribution < 1.29 is 13.5 Å². The van der Waals surface area contributed by atoms with Gasteiger partial charge in [-0.15, -0.1) is 0 Å². The van der Waals surface area contributed by atoms with Crippen molar-refractivity contribution >= 4 is 10.0 Å². The lowest BCUT2D eigenvalue weighted by Crippen LogP contribution is -2.34. The van der Waals surface area contributed by atoms with E-state index in [0.29, 0.717) is 32.4 Å². The van der Waals surface area contributed by atoms with E-state index in [9.17, 15) is 13.5 Å². The summed E-state index contributed by atoms with van der Waals surface area (Å²) in [6.45, 7) is 2.42. The number of hydrogen-bond donors (Lipinski definition) is 1. The van der Waals surface area contributed by atoms with Gasteiger partial charge in [-0.2, -0.15) is 5.26 Å². The molecule has 0 aromatic heterocycles. The minimum absolute atomic E-state index is 0.303. The summed E-state index contributed by atoms with van der Waals surface area (Å²) in [5.41, 5.74) is -0.781. The predicted molar refractivity (Wildman–Crippen MR) is 55.4 cm³/mol. The van der Waals surface area contributed by atoms with Gasteiger partial charge in [0.1, 0.15) is 0 Å². The van der Waals surface area contributed by atoms with Crippen LogP contribution in [0.3, 0.4) is 0 Å². The highest BCUT2D eigenvalue weighted by atomic mass is 32.2. The quantitative estimate of drug-likeness (QED) is 0.731. The van der Waals surface area contributed by atoms with Crippen molar-refractivity contribution in [3.05, 3.63) is 0 Å². The molecule has 0 aromatic rings. The van der Waals surface area contributed by atoms with Gasteiger partial charge in [0.15, 0.2) is 5.75 Å². The van der Waals surface area contributed by atoms with E-state index < -0.39 is 21.4 Å². The molecule has 6 heteroatoms. The molecule has 0 amide bonds. The van der Waals surface area contributed by atoms with Crippen molar-refractivity contribution in [3.63, 3.8) is 0 Å². The molecule has 0 radical (unpaired) electrons. The average molecular weight is 232 g/mol. The Bertz CT molecular complexity index is 356. The van der Waals surface area contributed by atoms with E-state index in [4.69, 9.17) is 5.26 Å². The predicted octanol–water partition coefficient (Wildman–Crippen LogP) is 0.0767. The molecule has 15 heavy (non-hydrogen) atoms. The summed E-state index contributed by atoms with van der Waals surface area (Å²) in [7, 11) is -3.45. The zero-order valence-electron chi connectivity index (χ0n) is 8.81. The average Bonchev–Trinajstić information content (AvgIpc) is 2.26. The second-order valence-corrected chi connectivity index (χ2v) is 6.13. The van der Waals surface area contributed by atoms with Gasteiger partial charge < -0.3 is 5.11 Å². The van der Waals surface area contributed by atoms with Crippen LogP contribution in [0.5, 0.6) is 0 Å². The van der Waals surface area contributed by atoms with Gasteiger partial charge in [-0.1, -0.05) is 0 Å². The highest BCUT2D eigenvalue weighted by Crippen LogP contribution is 2.22. The number of aliphatic hydroxyl groups is 1. The SMILES string of the molecule is CC1(O)CCCN(S(=O)(=O)CC#N)CC1. The van der Waals surface area contributed by atoms with Crippen LogP contribution in [0.1, 0.15) is 26.2 Å². The van der Waals surface area contributed by atoms with E-state index in [0.717, 1.165) is 0 Å². The minimum atomic E-state index is -3.45. The fourth-order valence-corrected chi connectivity index (χ4v) is 2.81. The van der Waals surface area contributed by atoms with Gasteiger partial charge in [0, 0.05) is 13.1 Å². The molecule has 1 aliphatic heterocycles. The summed E-state index contributed by atoms with van der Waals surface area (Å²) in [6.07, 6.45) is 1.67. The lowest BCUT2D eigenvalue weighted by molar-refractivity contribution is 0.0465. The zero-order chi connectivity index (χ0) is 11.5. The lowest BCUT2D eigenvalue weighted by Gasteiger charge is -2.21. The number of sulfonamides is 1. The maximum absolute atomic E-state index is 11.6. The highest BCUT2D eigenvalue weighted by Gasteiger charge is 2.30. The maximum Gasteiger partial charge on any atom is 0.227 e. The van der Waals surface area contributed by atoms with Gasteiger partial charge in [-0.05, 0) is 26.2 Å². The molecule has 1 N–H and O–H groups in total. The molecule has 1 fully saturated rings. The summed E-state index contributed by atoms with van der Waals surface area (Å²) in [5.74, 6) is -0.477. The lowest BCUT2D eigenvalue weighted by atomic mass is 9.98. The van der Waals surface area contributed by atoms with Crippen LogP contribution in [0.2, 0.25) is 0 Å². The second-order valence-electron chi connectivity index (χ2n) is 4.16. The van der Waals surface area contributed by atoms with Gasteiger partial charge in [-0.25, -0.2) is 12.7 Å². The van der Waals surface area contributed by atoms with Crippen LogP contribution in [0, 0.1) is 11.3 Å². The van der Waals surface area contributed by atoms with Crippen molar-refractivity contribution in [3.8, 4) is 6.07 Å². The van der Waals surface area contributed by atoms with Crippen LogP contribution in [-0.4, -0.2) is 42.3 Å². The van der Waals surface area contributed by atoms with Crippen LogP contribution < -0.4 is 0 Å². The van der Waals surface area contributed by atoms with Crippen molar-refractivity contribution in [2.24, 2.45) is 0 Å². The van der Waals surface area contributed by atoms with E-state index in [-0.39, 0.29) is 0 Å². The molecule has 1 atom stereocenters. The molecular formula is C9H16N2O3S. The Labute approximate surface area is 90.4 Å². The Hall–Kier alpha value is -0.640. The molecule has 0 spiro atoms. The van der Waals surface area contributed by atoms with E-state index in [1.807, 2.05) is 0 Å². The van der Waals surface area contributed by atoms with Crippen molar-refractivity contribution in [2.45, 2.75) is 31.8 Å². The van der Waals surface area contributed by atoms with E-state index in [2.05, 4.69) is 0 Å². The van der Waals surface area contributed by atoms with E-state index >= 15 is 0 Å². The fourth-order valence-electron chi connectivity index (χ4n) is 1.69. The molecule has 0 aromatic carbocycles. The first-order valence-electron chi connectivity index (χ1n) is 4.94. The fraction of sp³-hybridized carbons (Fsp3) is 0.889. The maximum atomic E-state index is 11.6. The molecule has 1 aliphatic rings. The molecule has 86 valence electrons. The standard InChI is InChI=1S/C9H16N2O3S/c1-9(12)3-2-6-11(7-4-9)15(13,14)8-5-10/h12H,2-4,6-8H2,1H3. The van der Waals surface area contributed by atoms with Crippen molar-refractivity contribution in [1.29, 1.82) is 5.26 Å². The van der Waals surface area contributed by atoms with Crippen LogP contribution in [-0.2, 0) is 10.0 Å². The molecule has 1 heterocycles. The summed E-state index contributed by atoms with van der Waals surface area (Å²) >= 11 is 0. The van der Waals surface area contributed by atoms with Gasteiger partial charge in [-0.3, -0.25) is 0 Å². The highest BCUT2D eigenvalue weighted by molar-refractivity contribution is 7.89. The Morgan fingerprint density at radius 1 is 1.47 bits per heavy atom. The molecule has 1 unspecified atom stereocenters. The van der Waals surface area contributed by atoms with Crippen LogP contribution >= 0.6 is 0 Å². The third kappa shape index (κ3) is 3.45. The van der Waals surface area contributed by atoms with Crippen LogP contribution in [0.15, 0.2) is 0 Å². The second kappa shape index (κ2) is 4.47. The van der Waals surface area contributed by atoms with Crippen LogP contribution in [0.25, 0.3) is 0 Å². The normalized spacial score (nSPS) is 29.4. The third-order valence-corrected chi connectivity index (χ3v) is 4.31. The molecule has 5 nitrogen and oxygen atoms in total. The zero-order valence-corrected chi connectivity index (χ0v) is 9.63. The first-order valence-corrected chi connectivity index (χ1v) is 6.55. The molecular weight excluding hydrogens is 216 g/mol. The Kier molecular flexibility index (Phi) is 3.71. The summed E-state index contributed by atoms with van der Waals surface area (Å²) in [5, 5.41) is 18.2. The van der Waals surface area contributed by atoms with E-state index in [1.54, 1.807) is 13.0 Å². The van der Waals surface area contributed by atoms with Crippen molar-refractivity contribution in [2.75, 3.05) is 18.8 Å². The first-order chi connectivity index (χ1) is 6.87. The number of hydrogen-bond acceptors (Lipinski definition) is 4. The first kappa shape index (κ1) is 12.4. The minimum Gasteiger partial charge on any atom is -0.390 e. The summed E-state index contributed by atoms with van der Waals surface area (Å²) in [4.78, 5) is 0.